The number of hydrogen-bond acceptors (Lipinski definition) is 0. The Morgan fingerprint density at radius 3 is 2.56 bits per heavy atom. The molecule has 0 N–H and O–H groups in total. The van der Waals surface area contributed by atoms with E-state index in [0.717, 1.165) is 17.5 Å². The van der Waals surface area contributed by atoms with Gasteiger partial charge in [-0.15, -0.1) is 0 Å². The van der Waals surface area contributed by atoms with Gasteiger partial charge in [0.15, 0.2) is 0 Å². The van der Waals surface area contributed by atoms with E-state index in [0.29, 0.717) is 0 Å². The lowest BCUT2D eigenvalue weighted by molar-refractivity contribution is 1.14. The fraction of sp³-hybridized carbons (Fsp3) is 0.143. The highest BCUT2D eigenvalue weighted by Gasteiger charge is 2.08. The van der Waals surface area contributed by atoms with Gasteiger partial charge in [-0.2, -0.15) is 0 Å². The molecule has 0 aliphatic carbocycles. The van der Waals surface area contributed by atoms with Gasteiger partial charge < -0.3 is 0 Å². The van der Waals surface area contributed by atoms with E-state index in [-0.39, 0.29) is 0 Å². The third kappa shape index (κ3) is 1.25. The van der Waals surface area contributed by atoms with Gasteiger partial charge >= 0.3 is 0 Å². The molecule has 3 aromatic rings. The van der Waals surface area contributed by atoms with E-state index in [1.807, 2.05) is 18.2 Å². The van der Waals surface area contributed by atoms with Crippen LogP contribution >= 0.6 is 11.8 Å². The van der Waals surface area contributed by atoms with Gasteiger partial charge in [0.25, 0.3) is 0 Å². The molecule has 1 nitrogen and oxygen atoms in total. The van der Waals surface area contributed by atoms with Crippen molar-refractivity contribution in [3.63, 3.8) is 0 Å². The highest BCUT2D eigenvalue weighted by atomic mass is 35.5. The molecule has 0 saturated heterocycles. The second kappa shape index (κ2) is 3.53. The highest BCUT2D eigenvalue weighted by Crippen LogP contribution is 2.30. The molecule has 1 aromatic heterocycles. The van der Waals surface area contributed by atoms with Crippen molar-refractivity contribution in [1.29, 1.82) is 0 Å². The molecular weight excluding hydrogens is 218 g/mol. The van der Waals surface area contributed by atoms with E-state index < -0.39 is 0 Å². The van der Waals surface area contributed by atoms with Crippen molar-refractivity contribution in [2.75, 3.05) is 0 Å². The van der Waals surface area contributed by atoms with Gasteiger partial charge in [-0.05, 0) is 24.1 Å². The minimum atomic E-state index is 1.04. The molecule has 0 saturated carbocycles. The van der Waals surface area contributed by atoms with Crippen LogP contribution in [0.3, 0.4) is 0 Å². The van der Waals surface area contributed by atoms with Crippen LogP contribution in [-0.2, 0) is 6.42 Å². The first-order valence-electron chi connectivity index (χ1n) is 5.49. The average molecular weight is 230 g/mol. The molecule has 0 radical (unpaired) electrons. The lowest BCUT2D eigenvalue weighted by Crippen LogP contribution is -1.82. The number of aromatic nitrogens is 1. The fourth-order valence-corrected chi connectivity index (χ4v) is 2.48. The van der Waals surface area contributed by atoms with Crippen molar-refractivity contribution in [2.45, 2.75) is 13.3 Å². The first-order chi connectivity index (χ1) is 7.81. The van der Waals surface area contributed by atoms with Crippen molar-refractivity contribution >= 4 is 33.6 Å². The molecule has 2 heteroatoms. The number of fused-ring (bicyclic) bond motifs is 3. The fourth-order valence-electron chi connectivity index (χ4n) is 2.19. The Bertz CT molecular complexity index is 667. The summed E-state index contributed by atoms with van der Waals surface area (Å²) >= 11 is 6.34. The summed E-state index contributed by atoms with van der Waals surface area (Å²) in [6.07, 6.45) is 1.04. The molecule has 0 atom stereocenters. The van der Waals surface area contributed by atoms with Crippen LogP contribution in [0.25, 0.3) is 21.8 Å². The predicted molar refractivity (Wildman–Crippen MR) is 70.1 cm³/mol. The minimum Gasteiger partial charge on any atom is -0.252 e. The van der Waals surface area contributed by atoms with Gasteiger partial charge in [0.05, 0.1) is 11.0 Å². The standard InChI is InChI=1S/C14H12ClN/c1-2-10-7-8-12-11-5-3-4-6-13(11)16(15)14(12)9-10/h3-9H,2H2,1H3. The summed E-state index contributed by atoms with van der Waals surface area (Å²) in [4.78, 5) is 0. The number of nitrogens with zero attached hydrogens (tertiary/aromatic N) is 1. The molecule has 1 heterocycles. The van der Waals surface area contributed by atoms with Crippen LogP contribution in [0.1, 0.15) is 12.5 Å². The maximum absolute atomic E-state index is 6.34. The van der Waals surface area contributed by atoms with E-state index in [1.54, 1.807) is 4.09 Å². The Hall–Kier alpha value is -1.47. The number of aryl methyl sites for hydroxylation is 1. The SMILES string of the molecule is CCc1ccc2c3ccccc3n(Cl)c2c1. The van der Waals surface area contributed by atoms with Crippen molar-refractivity contribution in [3.8, 4) is 0 Å². The topological polar surface area (TPSA) is 4.93 Å². The molecule has 0 aliphatic rings. The van der Waals surface area contributed by atoms with Gasteiger partial charge in [-0.1, -0.05) is 37.3 Å². The number of hydrogen-bond donors (Lipinski definition) is 0. The Labute approximate surface area is 99.4 Å². The third-order valence-electron chi connectivity index (χ3n) is 3.09. The van der Waals surface area contributed by atoms with E-state index in [9.17, 15) is 0 Å². The summed E-state index contributed by atoms with van der Waals surface area (Å²) in [5.74, 6) is 0. The quantitative estimate of drug-likeness (QED) is 0.584. The van der Waals surface area contributed by atoms with Crippen LogP contribution in [0, 0.1) is 0 Å². The van der Waals surface area contributed by atoms with E-state index in [2.05, 4.69) is 31.2 Å². The van der Waals surface area contributed by atoms with E-state index in [1.165, 1.54) is 16.3 Å². The number of benzene rings is 2. The van der Waals surface area contributed by atoms with E-state index in [4.69, 9.17) is 11.8 Å². The number of halogens is 1. The van der Waals surface area contributed by atoms with Crippen molar-refractivity contribution in [2.24, 2.45) is 0 Å². The molecule has 2 aromatic carbocycles. The first kappa shape index (κ1) is 9.73. The summed E-state index contributed by atoms with van der Waals surface area (Å²) in [7, 11) is 0. The van der Waals surface area contributed by atoms with Gasteiger partial charge in [0.2, 0.25) is 0 Å². The van der Waals surface area contributed by atoms with Crippen LogP contribution < -0.4 is 0 Å². The summed E-state index contributed by atoms with van der Waals surface area (Å²) in [6.45, 7) is 2.16. The lowest BCUT2D eigenvalue weighted by Gasteiger charge is -1.98. The molecule has 16 heavy (non-hydrogen) atoms. The largest absolute Gasteiger partial charge is 0.252 e. The van der Waals surface area contributed by atoms with Crippen molar-refractivity contribution < 1.29 is 0 Å². The maximum Gasteiger partial charge on any atom is 0.0663 e. The van der Waals surface area contributed by atoms with Gasteiger partial charge in [-0.3, -0.25) is 4.09 Å². The van der Waals surface area contributed by atoms with Gasteiger partial charge in [0.1, 0.15) is 0 Å². The normalized spacial score (nSPS) is 11.4. The molecule has 0 aliphatic heterocycles. The van der Waals surface area contributed by atoms with Crippen molar-refractivity contribution in [1.82, 2.24) is 4.09 Å². The summed E-state index contributed by atoms with van der Waals surface area (Å²) < 4.78 is 1.75. The second-order valence-electron chi connectivity index (χ2n) is 4.00. The first-order valence-corrected chi connectivity index (χ1v) is 5.83. The van der Waals surface area contributed by atoms with Crippen LogP contribution in [0.15, 0.2) is 42.5 Å². The van der Waals surface area contributed by atoms with Crippen LogP contribution in [0.5, 0.6) is 0 Å². The average Bonchev–Trinajstić information content (AvgIpc) is 2.64. The van der Waals surface area contributed by atoms with Gasteiger partial charge in [-0.25, -0.2) is 0 Å². The molecule has 0 unspecified atom stereocenters. The van der Waals surface area contributed by atoms with Crippen LogP contribution in [0.2, 0.25) is 0 Å². The monoisotopic (exact) mass is 229 g/mol. The Morgan fingerprint density at radius 1 is 1.00 bits per heavy atom. The van der Waals surface area contributed by atoms with E-state index >= 15 is 0 Å². The summed E-state index contributed by atoms with van der Waals surface area (Å²) in [5.41, 5.74) is 3.49. The van der Waals surface area contributed by atoms with Gasteiger partial charge in [0, 0.05) is 22.5 Å². The zero-order valence-electron chi connectivity index (χ0n) is 9.07. The molecular formula is C14H12ClN. The summed E-state index contributed by atoms with van der Waals surface area (Å²) in [5, 5.41) is 2.44. The van der Waals surface area contributed by atoms with Crippen LogP contribution in [-0.4, -0.2) is 4.09 Å². The Morgan fingerprint density at radius 2 is 1.75 bits per heavy atom. The second-order valence-corrected chi connectivity index (χ2v) is 4.34. The molecule has 0 spiro atoms. The molecule has 0 bridgehead atoms. The predicted octanol–water partition coefficient (Wildman–Crippen LogP) is 4.36. The number of para-hydroxylation sites is 1. The molecule has 80 valence electrons. The lowest BCUT2D eigenvalue weighted by atomic mass is 10.1. The summed E-state index contributed by atoms with van der Waals surface area (Å²) in [6, 6.07) is 14.7. The Kier molecular flexibility index (Phi) is 2.15. The smallest absolute Gasteiger partial charge is 0.0663 e. The number of rotatable bonds is 1. The van der Waals surface area contributed by atoms with Crippen molar-refractivity contribution in [3.05, 3.63) is 48.0 Å². The zero-order valence-corrected chi connectivity index (χ0v) is 9.83. The zero-order chi connectivity index (χ0) is 11.1. The molecule has 0 amide bonds. The van der Waals surface area contributed by atoms with Crippen LogP contribution in [0.4, 0.5) is 0 Å². The molecule has 3 rings (SSSR count). The highest BCUT2D eigenvalue weighted by molar-refractivity contribution is 6.26. The Balaban J connectivity index is 2.51. The maximum atomic E-state index is 6.34. The molecule has 0 fully saturated rings. The minimum absolute atomic E-state index is 1.04. The third-order valence-corrected chi connectivity index (χ3v) is 3.45.